The average molecular weight is 438 g/mol. The molecule has 6 nitrogen and oxygen atoms in total. The van der Waals surface area contributed by atoms with E-state index in [0.29, 0.717) is 6.42 Å². The topological polar surface area (TPSA) is 104 Å². The standard InChI is InChI=1S/C24H23NO5S/c1-15(23(27)28)13-19(25-22(26)20-11-12-21(31-20)24(29)30)14-16-7-9-18(10-8-16)17-5-3-2-4-6-17/h2-12,15,19H,13-14H2,1H3,(H,25,26)(H,27,28)(H,29,30)/t15-,19?/m1/s1. The van der Waals surface area contributed by atoms with Crippen molar-refractivity contribution in [1.29, 1.82) is 0 Å². The van der Waals surface area contributed by atoms with Crippen LogP contribution in [0, 0.1) is 5.92 Å². The minimum atomic E-state index is -1.08. The van der Waals surface area contributed by atoms with Crippen LogP contribution in [0.2, 0.25) is 0 Å². The van der Waals surface area contributed by atoms with Crippen molar-refractivity contribution < 1.29 is 24.6 Å². The van der Waals surface area contributed by atoms with E-state index in [-0.39, 0.29) is 16.2 Å². The summed E-state index contributed by atoms with van der Waals surface area (Å²) >= 11 is 0.894. The summed E-state index contributed by atoms with van der Waals surface area (Å²) in [6, 6.07) is 20.4. The molecule has 0 fully saturated rings. The zero-order valence-corrected chi connectivity index (χ0v) is 17.8. The van der Waals surface area contributed by atoms with E-state index < -0.39 is 29.8 Å². The molecule has 0 aliphatic heterocycles. The van der Waals surface area contributed by atoms with E-state index >= 15 is 0 Å². The predicted octanol–water partition coefficient (Wildman–Crippen LogP) is 4.57. The molecule has 3 N–H and O–H groups in total. The quantitative estimate of drug-likeness (QED) is 0.455. The summed E-state index contributed by atoms with van der Waals surface area (Å²) in [5.41, 5.74) is 3.15. The van der Waals surface area contributed by atoms with Crippen LogP contribution in [0.1, 0.15) is 38.3 Å². The molecule has 3 aromatic rings. The number of hydrogen-bond acceptors (Lipinski definition) is 4. The molecule has 0 spiro atoms. The molecule has 1 amide bonds. The van der Waals surface area contributed by atoms with Gasteiger partial charge < -0.3 is 15.5 Å². The summed E-state index contributed by atoms with van der Waals surface area (Å²) in [5, 5.41) is 21.2. The van der Waals surface area contributed by atoms with Gasteiger partial charge in [-0.2, -0.15) is 0 Å². The van der Waals surface area contributed by atoms with Gasteiger partial charge in [0.15, 0.2) is 0 Å². The molecule has 0 bridgehead atoms. The van der Waals surface area contributed by atoms with E-state index in [1.807, 2.05) is 54.6 Å². The first-order valence-electron chi connectivity index (χ1n) is 9.84. The molecule has 31 heavy (non-hydrogen) atoms. The number of carboxylic acid groups (broad SMARTS) is 2. The predicted molar refractivity (Wildman–Crippen MR) is 120 cm³/mol. The van der Waals surface area contributed by atoms with E-state index in [2.05, 4.69) is 5.32 Å². The number of carbonyl (C=O) groups is 3. The Morgan fingerprint density at radius 3 is 2.06 bits per heavy atom. The minimum absolute atomic E-state index is 0.0807. The van der Waals surface area contributed by atoms with Crippen molar-refractivity contribution in [3.8, 4) is 11.1 Å². The third-order valence-corrected chi connectivity index (χ3v) is 6.05. The van der Waals surface area contributed by atoms with Crippen molar-refractivity contribution in [2.45, 2.75) is 25.8 Å². The van der Waals surface area contributed by atoms with E-state index in [1.54, 1.807) is 6.92 Å². The van der Waals surface area contributed by atoms with Crippen LogP contribution in [0.25, 0.3) is 11.1 Å². The summed E-state index contributed by atoms with van der Waals surface area (Å²) < 4.78 is 0. The van der Waals surface area contributed by atoms with Gasteiger partial charge in [-0.15, -0.1) is 11.3 Å². The average Bonchev–Trinajstić information content (AvgIpc) is 3.25. The van der Waals surface area contributed by atoms with Crippen molar-refractivity contribution in [3.63, 3.8) is 0 Å². The highest BCUT2D eigenvalue weighted by molar-refractivity contribution is 7.15. The van der Waals surface area contributed by atoms with Crippen LogP contribution in [0.5, 0.6) is 0 Å². The molecule has 1 unspecified atom stereocenters. The van der Waals surface area contributed by atoms with Crippen LogP contribution in [-0.2, 0) is 11.2 Å². The fourth-order valence-electron chi connectivity index (χ4n) is 3.30. The molecule has 7 heteroatoms. The molecule has 2 atom stereocenters. The molecule has 1 heterocycles. The Labute approximate surface area is 184 Å². The Morgan fingerprint density at radius 1 is 0.871 bits per heavy atom. The Bertz CT molecular complexity index is 1060. The van der Waals surface area contributed by atoms with Crippen molar-refractivity contribution in [2.24, 2.45) is 5.92 Å². The number of aromatic carboxylic acids is 1. The fourth-order valence-corrected chi connectivity index (χ4v) is 4.05. The molecule has 1 aromatic heterocycles. The maximum absolute atomic E-state index is 12.6. The lowest BCUT2D eigenvalue weighted by Crippen LogP contribution is -2.38. The molecule has 160 valence electrons. The van der Waals surface area contributed by atoms with Gasteiger partial charge in [0.2, 0.25) is 0 Å². The van der Waals surface area contributed by atoms with Crippen LogP contribution in [-0.4, -0.2) is 34.1 Å². The first kappa shape index (κ1) is 22.2. The van der Waals surface area contributed by atoms with E-state index in [0.717, 1.165) is 28.0 Å². The van der Waals surface area contributed by atoms with Gasteiger partial charge in [-0.25, -0.2) is 4.79 Å². The van der Waals surface area contributed by atoms with Gasteiger partial charge >= 0.3 is 11.9 Å². The molecular formula is C24H23NO5S. The number of benzene rings is 2. The molecule has 0 aliphatic carbocycles. The number of aliphatic carboxylic acids is 1. The van der Waals surface area contributed by atoms with Gasteiger partial charge in [0, 0.05) is 6.04 Å². The van der Waals surface area contributed by atoms with Gasteiger partial charge in [0.25, 0.3) is 5.91 Å². The molecule has 0 saturated carbocycles. The number of thiophene rings is 1. The van der Waals surface area contributed by atoms with Crippen LogP contribution in [0.15, 0.2) is 66.7 Å². The lowest BCUT2D eigenvalue weighted by Gasteiger charge is -2.21. The Hall–Kier alpha value is -3.45. The second-order valence-corrected chi connectivity index (χ2v) is 8.47. The van der Waals surface area contributed by atoms with Crippen molar-refractivity contribution in [3.05, 3.63) is 82.0 Å². The molecule has 2 aromatic carbocycles. The van der Waals surface area contributed by atoms with Crippen LogP contribution in [0.4, 0.5) is 0 Å². The van der Waals surface area contributed by atoms with Crippen LogP contribution >= 0.6 is 11.3 Å². The van der Waals surface area contributed by atoms with Crippen molar-refractivity contribution in [1.82, 2.24) is 5.32 Å². The molecular weight excluding hydrogens is 414 g/mol. The van der Waals surface area contributed by atoms with Crippen LogP contribution < -0.4 is 5.32 Å². The summed E-state index contributed by atoms with van der Waals surface area (Å²) in [4.78, 5) is 35.4. The molecule has 0 radical (unpaired) electrons. The van der Waals surface area contributed by atoms with Crippen LogP contribution in [0.3, 0.4) is 0 Å². The van der Waals surface area contributed by atoms with Gasteiger partial charge in [-0.3, -0.25) is 9.59 Å². The second-order valence-electron chi connectivity index (χ2n) is 7.38. The summed E-state index contributed by atoms with van der Waals surface area (Å²) in [5.74, 6) is -3.05. The van der Waals surface area contributed by atoms with Gasteiger partial charge in [-0.05, 0) is 41.7 Å². The molecule has 0 aliphatic rings. The number of rotatable bonds is 9. The second kappa shape index (κ2) is 10.0. The van der Waals surface area contributed by atoms with E-state index in [4.69, 9.17) is 5.11 Å². The number of carbonyl (C=O) groups excluding carboxylic acids is 1. The minimum Gasteiger partial charge on any atom is -0.481 e. The normalized spacial score (nSPS) is 12.7. The maximum Gasteiger partial charge on any atom is 0.345 e. The lowest BCUT2D eigenvalue weighted by molar-refractivity contribution is -0.141. The first-order valence-corrected chi connectivity index (χ1v) is 10.7. The highest BCUT2D eigenvalue weighted by Crippen LogP contribution is 2.21. The zero-order valence-electron chi connectivity index (χ0n) is 16.9. The third kappa shape index (κ3) is 6.02. The Kier molecular flexibility index (Phi) is 7.20. The fraction of sp³-hybridized carbons (Fsp3) is 0.208. The van der Waals surface area contributed by atoms with Gasteiger partial charge in [-0.1, -0.05) is 61.5 Å². The number of carboxylic acids is 2. The van der Waals surface area contributed by atoms with Crippen molar-refractivity contribution >= 4 is 29.2 Å². The summed E-state index contributed by atoms with van der Waals surface area (Å²) in [6.45, 7) is 1.60. The zero-order chi connectivity index (χ0) is 22.4. The Morgan fingerprint density at radius 2 is 1.48 bits per heavy atom. The SMILES string of the molecule is C[C@H](CC(Cc1ccc(-c2ccccc2)cc1)NC(=O)c1ccc(C(=O)O)s1)C(=O)O. The highest BCUT2D eigenvalue weighted by atomic mass is 32.1. The number of hydrogen-bond donors (Lipinski definition) is 3. The van der Waals surface area contributed by atoms with Gasteiger partial charge in [0.1, 0.15) is 4.88 Å². The Balaban J connectivity index is 1.74. The van der Waals surface area contributed by atoms with Crippen molar-refractivity contribution in [2.75, 3.05) is 0 Å². The smallest absolute Gasteiger partial charge is 0.345 e. The van der Waals surface area contributed by atoms with Gasteiger partial charge in [0.05, 0.1) is 10.8 Å². The third-order valence-electron chi connectivity index (χ3n) is 4.98. The first-order chi connectivity index (χ1) is 14.8. The number of amides is 1. The molecule has 3 rings (SSSR count). The van der Waals surface area contributed by atoms with E-state index in [9.17, 15) is 19.5 Å². The monoisotopic (exact) mass is 437 g/mol. The van der Waals surface area contributed by atoms with E-state index in [1.165, 1.54) is 12.1 Å². The summed E-state index contributed by atoms with van der Waals surface area (Å²) in [7, 11) is 0. The number of nitrogens with one attached hydrogen (secondary N) is 1. The lowest BCUT2D eigenvalue weighted by atomic mass is 9.95. The molecule has 0 saturated heterocycles. The summed E-state index contributed by atoms with van der Waals surface area (Å²) in [6.07, 6.45) is 0.730. The maximum atomic E-state index is 12.6. The highest BCUT2D eigenvalue weighted by Gasteiger charge is 2.22. The largest absolute Gasteiger partial charge is 0.481 e.